The van der Waals surface area contributed by atoms with E-state index in [9.17, 15) is 0 Å². The molecule has 5 rings (SSSR count). The highest BCUT2D eigenvalue weighted by Gasteiger charge is 2.17. The molecule has 0 saturated heterocycles. The van der Waals surface area contributed by atoms with E-state index >= 15 is 0 Å². The van der Waals surface area contributed by atoms with Gasteiger partial charge in [-0.25, -0.2) is 9.97 Å². The molecule has 0 fully saturated rings. The largest absolute Gasteiger partial charge is 0.301 e. The number of benzene rings is 2. The third kappa shape index (κ3) is 2.96. The number of hydrogen-bond acceptors (Lipinski definition) is 3. The second kappa shape index (κ2) is 6.94. The summed E-state index contributed by atoms with van der Waals surface area (Å²) >= 11 is 6.46. The number of fused-ring (bicyclic) bond motifs is 1. The van der Waals surface area contributed by atoms with Crippen LogP contribution in [0.25, 0.3) is 27.8 Å². The van der Waals surface area contributed by atoms with Crippen molar-refractivity contribution < 1.29 is 0 Å². The van der Waals surface area contributed by atoms with Crippen molar-refractivity contribution in [2.75, 3.05) is 0 Å². The molecule has 0 unspecified atom stereocenters. The molecule has 2 aromatic carbocycles. The Morgan fingerprint density at radius 3 is 2.39 bits per heavy atom. The molecule has 0 aliphatic heterocycles. The summed E-state index contributed by atoms with van der Waals surface area (Å²) in [6.07, 6.45) is 7.42. The van der Waals surface area contributed by atoms with Gasteiger partial charge in [-0.15, -0.1) is 0 Å². The molecule has 0 radical (unpaired) electrons. The Morgan fingerprint density at radius 2 is 1.61 bits per heavy atom. The predicted octanol–water partition coefficient (Wildman–Crippen LogP) is 4.99. The highest BCUT2D eigenvalue weighted by molar-refractivity contribution is 6.35. The van der Waals surface area contributed by atoms with Gasteiger partial charge in [-0.3, -0.25) is 4.68 Å². The lowest BCUT2D eigenvalue weighted by atomic mass is 10.1. The van der Waals surface area contributed by atoms with E-state index in [0.29, 0.717) is 11.7 Å². The molecular formula is C22H16ClN5. The lowest BCUT2D eigenvalue weighted by Gasteiger charge is -2.03. The van der Waals surface area contributed by atoms with Crippen LogP contribution >= 0.6 is 11.6 Å². The lowest BCUT2D eigenvalue weighted by Crippen LogP contribution is -1.99. The summed E-state index contributed by atoms with van der Waals surface area (Å²) in [5.74, 6) is 0. The lowest BCUT2D eigenvalue weighted by molar-refractivity contribution is 0.687. The third-order valence-corrected chi connectivity index (χ3v) is 4.99. The van der Waals surface area contributed by atoms with E-state index in [-0.39, 0.29) is 0 Å². The summed E-state index contributed by atoms with van der Waals surface area (Å²) in [6.45, 7) is 0.711. The molecule has 3 heterocycles. The molecule has 0 atom stereocenters. The minimum Gasteiger partial charge on any atom is -0.301 e. The quantitative estimate of drug-likeness (QED) is 0.410. The third-order valence-electron chi connectivity index (χ3n) is 4.70. The smallest absolute Gasteiger partial charge is 0.150 e. The average Bonchev–Trinajstić information content (AvgIpc) is 3.35. The first kappa shape index (κ1) is 16.7. The molecule has 0 spiro atoms. The predicted molar refractivity (Wildman–Crippen MR) is 111 cm³/mol. The van der Waals surface area contributed by atoms with E-state index in [2.05, 4.69) is 27.2 Å². The van der Waals surface area contributed by atoms with Crippen LogP contribution in [-0.4, -0.2) is 24.3 Å². The minimum absolute atomic E-state index is 0.436. The fourth-order valence-corrected chi connectivity index (χ4v) is 3.62. The Balaban J connectivity index is 1.62. The number of halogens is 1. The summed E-state index contributed by atoms with van der Waals surface area (Å²) in [5, 5.41) is 5.79. The number of nitrogens with zero attached hydrogens (tertiary/aromatic N) is 5. The second-order valence-electron chi connectivity index (χ2n) is 6.52. The normalized spacial score (nSPS) is 11.2. The molecule has 136 valence electrons. The number of hydrogen-bond donors (Lipinski definition) is 0. The standard InChI is InChI=1S/C22H16ClN5/c23-21-20-19(17-11-26-27(13-17)12-16-7-3-1-4-8-16)14-28(22(20)25-15-24-21)18-9-5-2-6-10-18/h1-11,13-15H,12H2. The SMILES string of the molecule is Clc1ncnc2c1c(-c1cnn(Cc3ccccc3)c1)cn2-c1ccccc1. The van der Waals surface area contributed by atoms with Gasteiger partial charge in [0, 0.05) is 29.2 Å². The van der Waals surface area contributed by atoms with Crippen molar-refractivity contribution >= 4 is 22.6 Å². The molecule has 28 heavy (non-hydrogen) atoms. The van der Waals surface area contributed by atoms with Gasteiger partial charge in [-0.2, -0.15) is 5.10 Å². The highest BCUT2D eigenvalue weighted by Crippen LogP contribution is 2.34. The first-order valence-electron chi connectivity index (χ1n) is 8.93. The molecule has 0 N–H and O–H groups in total. The molecule has 0 saturated carbocycles. The van der Waals surface area contributed by atoms with Crippen LogP contribution in [0.5, 0.6) is 0 Å². The zero-order chi connectivity index (χ0) is 18.9. The molecular weight excluding hydrogens is 370 g/mol. The molecule has 0 amide bonds. The Hall–Kier alpha value is -3.44. The van der Waals surface area contributed by atoms with Crippen molar-refractivity contribution in [2.45, 2.75) is 6.54 Å². The highest BCUT2D eigenvalue weighted by atomic mass is 35.5. The van der Waals surface area contributed by atoms with Gasteiger partial charge in [-0.1, -0.05) is 60.1 Å². The molecule has 0 aliphatic rings. The topological polar surface area (TPSA) is 48.5 Å². The number of rotatable bonds is 4. The van der Waals surface area contributed by atoms with E-state index in [0.717, 1.165) is 27.8 Å². The van der Waals surface area contributed by atoms with Crippen molar-refractivity contribution in [3.8, 4) is 16.8 Å². The van der Waals surface area contributed by atoms with Crippen LogP contribution in [0.4, 0.5) is 0 Å². The first-order valence-corrected chi connectivity index (χ1v) is 9.31. The summed E-state index contributed by atoms with van der Waals surface area (Å²) in [7, 11) is 0. The zero-order valence-electron chi connectivity index (χ0n) is 14.9. The summed E-state index contributed by atoms with van der Waals surface area (Å²) in [4.78, 5) is 8.67. The van der Waals surface area contributed by atoms with Gasteiger partial charge in [-0.05, 0) is 17.7 Å². The van der Waals surface area contributed by atoms with E-state index in [1.54, 1.807) is 0 Å². The fraction of sp³-hybridized carbons (Fsp3) is 0.0455. The second-order valence-corrected chi connectivity index (χ2v) is 6.88. The van der Waals surface area contributed by atoms with Crippen molar-refractivity contribution in [2.24, 2.45) is 0 Å². The van der Waals surface area contributed by atoms with Crippen molar-refractivity contribution in [1.29, 1.82) is 0 Å². The molecule has 0 bridgehead atoms. The van der Waals surface area contributed by atoms with Crippen molar-refractivity contribution in [3.63, 3.8) is 0 Å². The van der Waals surface area contributed by atoms with Crippen LogP contribution in [0, 0.1) is 0 Å². The molecule has 0 aliphatic carbocycles. The van der Waals surface area contributed by atoms with Crippen molar-refractivity contribution in [1.82, 2.24) is 24.3 Å². The van der Waals surface area contributed by atoms with Gasteiger partial charge < -0.3 is 4.57 Å². The summed E-state index contributed by atoms with van der Waals surface area (Å²) < 4.78 is 3.96. The fourth-order valence-electron chi connectivity index (χ4n) is 3.39. The number of para-hydroxylation sites is 1. The van der Waals surface area contributed by atoms with Gasteiger partial charge in [0.1, 0.15) is 17.1 Å². The van der Waals surface area contributed by atoms with E-state index in [1.165, 1.54) is 11.9 Å². The van der Waals surface area contributed by atoms with Crippen LogP contribution in [0.1, 0.15) is 5.56 Å². The molecule has 5 nitrogen and oxygen atoms in total. The Kier molecular flexibility index (Phi) is 4.14. The summed E-state index contributed by atoms with van der Waals surface area (Å²) in [5.41, 5.74) is 4.93. The van der Waals surface area contributed by atoms with Crippen LogP contribution in [-0.2, 0) is 6.54 Å². The van der Waals surface area contributed by atoms with Gasteiger partial charge in [0.2, 0.25) is 0 Å². The minimum atomic E-state index is 0.436. The summed E-state index contributed by atoms with van der Waals surface area (Å²) in [6, 6.07) is 20.3. The van der Waals surface area contributed by atoms with Crippen LogP contribution in [0.2, 0.25) is 5.15 Å². The Morgan fingerprint density at radius 1 is 0.857 bits per heavy atom. The van der Waals surface area contributed by atoms with Crippen LogP contribution in [0.3, 0.4) is 0 Å². The van der Waals surface area contributed by atoms with Crippen LogP contribution < -0.4 is 0 Å². The van der Waals surface area contributed by atoms with Gasteiger partial charge >= 0.3 is 0 Å². The Labute approximate surface area is 166 Å². The van der Waals surface area contributed by atoms with Gasteiger partial charge in [0.25, 0.3) is 0 Å². The zero-order valence-corrected chi connectivity index (χ0v) is 15.7. The maximum atomic E-state index is 6.46. The van der Waals surface area contributed by atoms with E-state index in [4.69, 9.17) is 11.6 Å². The molecule has 6 heteroatoms. The maximum Gasteiger partial charge on any atom is 0.150 e. The first-order chi connectivity index (χ1) is 13.8. The Bertz CT molecular complexity index is 1240. The average molecular weight is 386 g/mol. The maximum absolute atomic E-state index is 6.46. The number of aromatic nitrogens is 5. The molecule has 5 aromatic rings. The van der Waals surface area contributed by atoms with Gasteiger partial charge in [0.05, 0.1) is 18.1 Å². The van der Waals surface area contributed by atoms with E-state index < -0.39 is 0 Å². The van der Waals surface area contributed by atoms with Crippen molar-refractivity contribution in [3.05, 3.63) is 96.3 Å². The van der Waals surface area contributed by atoms with Crippen LogP contribution in [0.15, 0.2) is 85.6 Å². The monoisotopic (exact) mass is 385 g/mol. The van der Waals surface area contributed by atoms with Gasteiger partial charge in [0.15, 0.2) is 0 Å². The molecule has 3 aromatic heterocycles. The van der Waals surface area contributed by atoms with E-state index in [1.807, 2.05) is 76.4 Å².